The molecule has 78 valence electrons. The van der Waals surface area contributed by atoms with Crippen molar-refractivity contribution in [2.24, 2.45) is 0 Å². The Balaban J connectivity index is 3.93. The Morgan fingerprint density at radius 3 is 1.14 bits per heavy atom. The maximum atomic E-state index is 3.16. The Labute approximate surface area is 101 Å². The van der Waals surface area contributed by atoms with E-state index < -0.39 is 0 Å². The molecule has 0 nitrogen and oxygen atoms in total. The predicted octanol–water partition coefficient (Wildman–Crippen LogP) is 2.75. The van der Waals surface area contributed by atoms with E-state index in [1.54, 1.807) is 0 Å². The predicted molar refractivity (Wildman–Crippen MR) is 66.5 cm³/mol. The molecule has 0 unspecified atom stereocenters. The van der Waals surface area contributed by atoms with Gasteiger partial charge in [-0.2, -0.15) is 0 Å². The fourth-order valence-electron chi connectivity index (χ4n) is 0.408. The summed E-state index contributed by atoms with van der Waals surface area (Å²) >= 11 is 0.771. The summed E-state index contributed by atoms with van der Waals surface area (Å²) in [6, 6.07) is 0. The van der Waals surface area contributed by atoms with Crippen molar-refractivity contribution < 1.29 is 0 Å². The minimum absolute atomic E-state index is 0.358. The molecule has 0 spiro atoms. The van der Waals surface area contributed by atoms with Crippen LogP contribution in [0.3, 0.4) is 0 Å². The fraction of sp³-hybridized carbons (Fsp3) is 0.667. The van der Waals surface area contributed by atoms with Crippen LogP contribution in [0.15, 0.2) is 0 Å². The number of hydrogen-bond acceptors (Lipinski definition) is 0. The first-order chi connectivity index (χ1) is 6.21. The van der Waals surface area contributed by atoms with Crippen LogP contribution in [0.1, 0.15) is 41.5 Å². The Hall–Kier alpha value is 0.159. The minimum atomic E-state index is 0.358. The van der Waals surface area contributed by atoms with Crippen molar-refractivity contribution in [3.8, 4) is 21.5 Å². The normalized spacial score (nSPS) is 11.0. The molecule has 0 aromatic heterocycles. The monoisotopic (exact) mass is 322 g/mol. The zero-order valence-corrected chi connectivity index (χ0v) is 13.2. The third-order valence-corrected chi connectivity index (χ3v) is 4.31. The van der Waals surface area contributed by atoms with E-state index >= 15 is 0 Å². The molecule has 0 N–H and O–H groups in total. The Morgan fingerprint density at radius 1 is 0.643 bits per heavy atom. The van der Waals surface area contributed by atoms with Gasteiger partial charge < -0.3 is 0 Å². The van der Waals surface area contributed by atoms with Crippen molar-refractivity contribution in [3.63, 3.8) is 0 Å². The van der Waals surface area contributed by atoms with E-state index in [2.05, 4.69) is 63.0 Å². The molecular weight excluding hydrogens is 302 g/mol. The second-order valence-corrected chi connectivity index (χ2v) is 11.7. The molecule has 14 heavy (non-hydrogen) atoms. The third kappa shape index (κ3) is 12.2. The zero-order chi connectivity index (χ0) is 11.2. The second-order valence-electron chi connectivity index (χ2n) is 4.88. The molecule has 0 amide bonds. The molecule has 0 aliphatic rings. The Morgan fingerprint density at radius 2 is 0.929 bits per heavy atom. The molecule has 0 aliphatic heterocycles. The molecular formula is C12H18Se2. The first-order valence-electron chi connectivity index (χ1n) is 4.57. The average Bonchev–Trinajstić information content (AvgIpc) is 1.92. The molecule has 0 radical (unpaired) electrons. The van der Waals surface area contributed by atoms with Crippen LogP contribution in [-0.4, -0.2) is 29.9 Å². The summed E-state index contributed by atoms with van der Waals surface area (Å²) in [7, 11) is 0. The molecule has 0 aromatic rings. The Bertz CT molecular complexity index is 249. The molecule has 0 aromatic carbocycles. The number of hydrogen-bond donors (Lipinski definition) is 0. The van der Waals surface area contributed by atoms with Gasteiger partial charge in [0.15, 0.2) is 0 Å². The van der Waals surface area contributed by atoms with Gasteiger partial charge >= 0.3 is 102 Å². The SMILES string of the molecule is CC(C)(C)[Se]C#CC#C[Se]C(C)(C)C. The van der Waals surface area contributed by atoms with Gasteiger partial charge in [-0.05, 0) is 0 Å². The molecule has 0 heterocycles. The molecule has 0 atom stereocenters. The standard InChI is InChI=1S/C12H18Se2/c1-11(2,3)13-9-7-8-10-14-12(4,5)6/h1-6H3. The summed E-state index contributed by atoms with van der Waals surface area (Å²) in [5.74, 6) is 5.89. The quantitative estimate of drug-likeness (QED) is 0.476. The van der Waals surface area contributed by atoms with Gasteiger partial charge in [0.05, 0.1) is 0 Å². The van der Waals surface area contributed by atoms with Crippen molar-refractivity contribution in [2.45, 2.75) is 50.2 Å². The van der Waals surface area contributed by atoms with E-state index in [0.717, 1.165) is 0 Å². The van der Waals surface area contributed by atoms with Gasteiger partial charge in [-0.3, -0.25) is 0 Å². The summed E-state index contributed by atoms with van der Waals surface area (Å²) in [6.07, 6.45) is 0. The maximum absolute atomic E-state index is 3.16. The van der Waals surface area contributed by atoms with Crippen LogP contribution < -0.4 is 0 Å². The third-order valence-electron chi connectivity index (χ3n) is 0.879. The van der Waals surface area contributed by atoms with Gasteiger partial charge in [0.1, 0.15) is 0 Å². The van der Waals surface area contributed by atoms with Crippen LogP contribution in [0.4, 0.5) is 0 Å². The van der Waals surface area contributed by atoms with Crippen molar-refractivity contribution in [1.82, 2.24) is 0 Å². The molecule has 0 fully saturated rings. The van der Waals surface area contributed by atoms with Crippen LogP contribution in [0.5, 0.6) is 0 Å². The van der Waals surface area contributed by atoms with Gasteiger partial charge in [0, 0.05) is 0 Å². The summed E-state index contributed by atoms with van der Waals surface area (Å²) in [5.41, 5.74) is 0. The van der Waals surface area contributed by atoms with Gasteiger partial charge in [-0.25, -0.2) is 0 Å². The molecule has 0 saturated heterocycles. The van der Waals surface area contributed by atoms with E-state index in [1.165, 1.54) is 0 Å². The van der Waals surface area contributed by atoms with Crippen molar-refractivity contribution >= 4 is 29.9 Å². The van der Waals surface area contributed by atoms with Crippen LogP contribution in [0.2, 0.25) is 8.63 Å². The van der Waals surface area contributed by atoms with Gasteiger partial charge in [-0.1, -0.05) is 0 Å². The summed E-state index contributed by atoms with van der Waals surface area (Å²) in [4.78, 5) is 6.32. The summed E-state index contributed by atoms with van der Waals surface area (Å²) < 4.78 is 0.716. The van der Waals surface area contributed by atoms with Crippen molar-refractivity contribution in [1.29, 1.82) is 0 Å². The van der Waals surface area contributed by atoms with Gasteiger partial charge in [0.2, 0.25) is 0 Å². The first-order valence-corrected chi connectivity index (χ1v) is 7.99. The van der Waals surface area contributed by atoms with Crippen molar-refractivity contribution in [2.75, 3.05) is 0 Å². The van der Waals surface area contributed by atoms with Crippen LogP contribution >= 0.6 is 0 Å². The Kier molecular flexibility index (Phi) is 5.97. The van der Waals surface area contributed by atoms with E-state index in [0.29, 0.717) is 38.5 Å². The van der Waals surface area contributed by atoms with Crippen LogP contribution in [0, 0.1) is 21.5 Å². The number of rotatable bonds is 0. The van der Waals surface area contributed by atoms with E-state index in [-0.39, 0.29) is 0 Å². The average molecular weight is 320 g/mol. The second kappa shape index (κ2) is 5.90. The van der Waals surface area contributed by atoms with E-state index in [9.17, 15) is 0 Å². The summed E-state index contributed by atoms with van der Waals surface area (Å²) in [5, 5.41) is 0. The molecule has 0 bridgehead atoms. The molecule has 0 aliphatic carbocycles. The van der Waals surface area contributed by atoms with E-state index in [1.807, 2.05) is 0 Å². The zero-order valence-electron chi connectivity index (χ0n) is 9.82. The van der Waals surface area contributed by atoms with Crippen LogP contribution in [-0.2, 0) is 0 Å². The summed E-state index contributed by atoms with van der Waals surface area (Å²) in [6.45, 7) is 13.3. The molecule has 0 rings (SSSR count). The topological polar surface area (TPSA) is 0 Å². The fourth-order valence-corrected chi connectivity index (χ4v) is 2.12. The molecule has 2 heteroatoms. The first kappa shape index (κ1) is 14.2. The van der Waals surface area contributed by atoms with Crippen molar-refractivity contribution in [3.05, 3.63) is 0 Å². The van der Waals surface area contributed by atoms with E-state index in [4.69, 9.17) is 0 Å². The van der Waals surface area contributed by atoms with Gasteiger partial charge in [-0.15, -0.1) is 0 Å². The van der Waals surface area contributed by atoms with Gasteiger partial charge in [0.25, 0.3) is 0 Å². The van der Waals surface area contributed by atoms with Crippen LogP contribution in [0.25, 0.3) is 0 Å². The molecule has 0 saturated carbocycles.